The van der Waals surface area contributed by atoms with E-state index in [1.807, 2.05) is 24.3 Å². The van der Waals surface area contributed by atoms with Crippen LogP contribution in [0.15, 0.2) is 140 Å². The first kappa shape index (κ1) is 26.2. The van der Waals surface area contributed by atoms with Crippen LogP contribution in [0.4, 0.5) is 17.1 Å². The Bertz CT molecular complexity index is 1910. The highest BCUT2D eigenvalue weighted by atomic mass is 14.9. The van der Waals surface area contributed by atoms with Gasteiger partial charge >= 0.3 is 0 Å². The van der Waals surface area contributed by atoms with Gasteiger partial charge in [0.1, 0.15) is 0 Å². The van der Waals surface area contributed by atoms with E-state index in [1.54, 1.807) is 0 Å². The second-order valence-corrected chi connectivity index (χ2v) is 10.4. The molecule has 0 radical (unpaired) electrons. The van der Waals surface area contributed by atoms with Crippen LogP contribution in [0.1, 0.15) is 20.3 Å². The highest BCUT2D eigenvalue weighted by molar-refractivity contribution is 6.21. The highest BCUT2D eigenvalue weighted by Crippen LogP contribution is 2.44. The van der Waals surface area contributed by atoms with Gasteiger partial charge in [-0.1, -0.05) is 129 Å². The molecule has 41 heavy (non-hydrogen) atoms. The maximum Gasteiger partial charge on any atom is 0.0617 e. The van der Waals surface area contributed by atoms with Crippen molar-refractivity contribution in [3.8, 4) is 22.3 Å². The molecule has 0 spiro atoms. The predicted octanol–water partition coefficient (Wildman–Crippen LogP) is 11.2. The molecule has 0 unspecified atom stereocenters. The maximum absolute atomic E-state index is 6.14. The van der Waals surface area contributed by atoms with Crippen LogP contribution in [0.5, 0.6) is 0 Å². The van der Waals surface area contributed by atoms with Crippen molar-refractivity contribution in [2.24, 2.45) is 0 Å². The van der Waals surface area contributed by atoms with Crippen molar-refractivity contribution in [3.63, 3.8) is 0 Å². The van der Waals surface area contributed by atoms with E-state index in [0.717, 1.165) is 17.1 Å². The number of rotatable bonds is 4. The van der Waals surface area contributed by atoms with E-state index in [2.05, 4.69) is 134 Å². The molecular formula is C39H34N2. The van der Waals surface area contributed by atoms with E-state index < -0.39 is 0 Å². The molecule has 2 heteroatoms. The molecule has 3 N–H and O–H groups in total. The average molecular weight is 531 g/mol. The fraction of sp³-hybridized carbons (Fsp3) is 0.0769. The van der Waals surface area contributed by atoms with Gasteiger partial charge in [0.2, 0.25) is 0 Å². The van der Waals surface area contributed by atoms with Crippen molar-refractivity contribution in [1.29, 1.82) is 0 Å². The standard InChI is InChI=1S/C36H26N2.C3H8/c37-33-15-7-8-16-34(33)38-28-21-19-25(20-22-28)35-29-11-3-5-13-31(29)36(32-14-6-4-12-30(32)35)27-18-17-24-9-1-2-10-26(24)23-27;1-3-2/h1-23,38H,37H2;3H2,1-2H3. The molecule has 0 saturated heterocycles. The van der Waals surface area contributed by atoms with E-state index in [-0.39, 0.29) is 0 Å². The molecule has 7 aromatic carbocycles. The summed E-state index contributed by atoms with van der Waals surface area (Å²) in [5.41, 5.74) is 13.8. The van der Waals surface area contributed by atoms with Gasteiger partial charge < -0.3 is 11.1 Å². The Kier molecular flexibility index (Phi) is 7.38. The Morgan fingerprint density at radius 3 is 1.54 bits per heavy atom. The zero-order valence-electron chi connectivity index (χ0n) is 23.6. The average Bonchev–Trinajstić information content (AvgIpc) is 3.01. The van der Waals surface area contributed by atoms with Crippen LogP contribution in [0.2, 0.25) is 0 Å². The lowest BCUT2D eigenvalue weighted by Gasteiger charge is -2.18. The SMILES string of the molecule is CCC.Nc1ccccc1Nc1ccc(-c2c3ccccc3c(-c3ccc4ccccc4c3)c3ccccc23)cc1. The number of benzene rings is 7. The number of nitrogen functional groups attached to an aromatic ring is 1. The Hall–Kier alpha value is -5.08. The number of hydrogen-bond donors (Lipinski definition) is 2. The normalized spacial score (nSPS) is 10.9. The van der Waals surface area contributed by atoms with Crippen LogP contribution in [0.3, 0.4) is 0 Å². The van der Waals surface area contributed by atoms with Crippen LogP contribution in [-0.4, -0.2) is 0 Å². The van der Waals surface area contributed by atoms with E-state index in [4.69, 9.17) is 5.73 Å². The molecule has 0 heterocycles. The third-order valence-corrected chi connectivity index (χ3v) is 7.38. The smallest absolute Gasteiger partial charge is 0.0617 e. The van der Waals surface area contributed by atoms with Gasteiger partial charge in [-0.25, -0.2) is 0 Å². The molecule has 0 bridgehead atoms. The molecule has 200 valence electrons. The van der Waals surface area contributed by atoms with Gasteiger partial charge in [0.15, 0.2) is 0 Å². The van der Waals surface area contributed by atoms with Crippen LogP contribution >= 0.6 is 0 Å². The first-order valence-corrected chi connectivity index (χ1v) is 14.3. The predicted molar refractivity (Wildman–Crippen MR) is 180 cm³/mol. The molecule has 0 saturated carbocycles. The summed E-state index contributed by atoms with van der Waals surface area (Å²) in [6, 6.07) is 49.4. The number of fused-ring (bicyclic) bond motifs is 3. The van der Waals surface area contributed by atoms with Gasteiger partial charge in [0.25, 0.3) is 0 Å². The monoisotopic (exact) mass is 530 g/mol. The fourth-order valence-electron chi connectivity index (χ4n) is 5.58. The maximum atomic E-state index is 6.14. The zero-order chi connectivity index (χ0) is 28.2. The van der Waals surface area contributed by atoms with Crippen LogP contribution in [0, 0.1) is 0 Å². The molecule has 0 aliphatic rings. The van der Waals surface area contributed by atoms with Crippen molar-refractivity contribution in [2.75, 3.05) is 11.1 Å². The number of para-hydroxylation sites is 2. The molecule has 0 aliphatic carbocycles. The molecule has 2 nitrogen and oxygen atoms in total. The van der Waals surface area contributed by atoms with Crippen LogP contribution in [-0.2, 0) is 0 Å². The summed E-state index contributed by atoms with van der Waals surface area (Å²) >= 11 is 0. The van der Waals surface area contributed by atoms with Crippen LogP contribution < -0.4 is 11.1 Å². The lowest BCUT2D eigenvalue weighted by Crippen LogP contribution is -1.95. The largest absolute Gasteiger partial charge is 0.397 e. The summed E-state index contributed by atoms with van der Waals surface area (Å²) in [7, 11) is 0. The molecule has 0 amide bonds. The van der Waals surface area contributed by atoms with Gasteiger partial charge in [-0.05, 0) is 84.9 Å². The van der Waals surface area contributed by atoms with Crippen molar-refractivity contribution in [1.82, 2.24) is 0 Å². The number of nitrogens with two attached hydrogens (primary N) is 1. The summed E-state index contributed by atoms with van der Waals surface area (Å²) in [6.07, 6.45) is 1.25. The topological polar surface area (TPSA) is 38.0 Å². The van der Waals surface area contributed by atoms with E-state index in [1.165, 1.54) is 61.0 Å². The molecule has 0 atom stereocenters. The zero-order valence-corrected chi connectivity index (χ0v) is 23.6. The number of nitrogens with one attached hydrogen (secondary N) is 1. The van der Waals surface area contributed by atoms with E-state index in [0.29, 0.717) is 0 Å². The lowest BCUT2D eigenvalue weighted by atomic mass is 9.85. The summed E-state index contributed by atoms with van der Waals surface area (Å²) in [6.45, 7) is 4.25. The first-order valence-electron chi connectivity index (χ1n) is 14.3. The summed E-state index contributed by atoms with van der Waals surface area (Å²) < 4.78 is 0. The third-order valence-electron chi connectivity index (χ3n) is 7.38. The second kappa shape index (κ2) is 11.6. The van der Waals surface area contributed by atoms with Gasteiger partial charge in [0.05, 0.1) is 11.4 Å². The summed E-state index contributed by atoms with van der Waals surface area (Å²) in [5.74, 6) is 0. The lowest BCUT2D eigenvalue weighted by molar-refractivity contribution is 1.09. The minimum Gasteiger partial charge on any atom is -0.397 e. The molecule has 0 fully saturated rings. The van der Waals surface area contributed by atoms with Crippen molar-refractivity contribution in [3.05, 3.63) is 140 Å². The quantitative estimate of drug-likeness (QED) is 0.175. The van der Waals surface area contributed by atoms with Gasteiger partial charge in [-0.3, -0.25) is 0 Å². The van der Waals surface area contributed by atoms with E-state index >= 15 is 0 Å². The summed E-state index contributed by atoms with van der Waals surface area (Å²) in [4.78, 5) is 0. The van der Waals surface area contributed by atoms with Crippen molar-refractivity contribution < 1.29 is 0 Å². The van der Waals surface area contributed by atoms with Crippen molar-refractivity contribution >= 4 is 49.4 Å². The Balaban J connectivity index is 0.000000967. The van der Waals surface area contributed by atoms with Gasteiger partial charge in [0, 0.05) is 5.69 Å². The number of hydrogen-bond acceptors (Lipinski definition) is 2. The van der Waals surface area contributed by atoms with E-state index in [9.17, 15) is 0 Å². The molecule has 0 aromatic heterocycles. The molecule has 7 aromatic rings. The minimum absolute atomic E-state index is 0.734. The fourth-order valence-corrected chi connectivity index (χ4v) is 5.58. The Labute approximate surface area is 242 Å². The van der Waals surface area contributed by atoms with Gasteiger partial charge in [-0.2, -0.15) is 0 Å². The molecule has 0 aliphatic heterocycles. The second-order valence-electron chi connectivity index (χ2n) is 10.4. The summed E-state index contributed by atoms with van der Waals surface area (Å²) in [5, 5.41) is 11.0. The first-order chi connectivity index (χ1) is 20.2. The minimum atomic E-state index is 0.734. The molecule has 7 rings (SSSR count). The van der Waals surface area contributed by atoms with Crippen LogP contribution in [0.25, 0.3) is 54.6 Å². The molecular weight excluding hydrogens is 496 g/mol. The Morgan fingerprint density at radius 2 is 0.951 bits per heavy atom. The van der Waals surface area contributed by atoms with Crippen molar-refractivity contribution in [2.45, 2.75) is 20.3 Å². The van der Waals surface area contributed by atoms with Gasteiger partial charge in [-0.15, -0.1) is 0 Å². The highest BCUT2D eigenvalue weighted by Gasteiger charge is 2.16. The number of anilines is 3. The Morgan fingerprint density at radius 1 is 0.488 bits per heavy atom. The third kappa shape index (κ3) is 5.13.